The predicted molar refractivity (Wildman–Crippen MR) is 128 cm³/mol. The monoisotopic (exact) mass is 466 g/mol. The summed E-state index contributed by atoms with van der Waals surface area (Å²) in [6, 6.07) is 4.02. The van der Waals surface area contributed by atoms with Crippen molar-refractivity contribution in [2.24, 2.45) is 17.8 Å². The Hall–Kier alpha value is -1.71. The first kappa shape index (κ1) is 24.9. The van der Waals surface area contributed by atoms with E-state index in [-0.39, 0.29) is 0 Å². The van der Waals surface area contributed by atoms with E-state index in [0.29, 0.717) is 25.5 Å². The molecule has 8 nitrogen and oxygen atoms in total. The van der Waals surface area contributed by atoms with Crippen LogP contribution in [0.1, 0.15) is 43.6 Å². The van der Waals surface area contributed by atoms with Gasteiger partial charge in [-0.25, -0.2) is 0 Å². The van der Waals surface area contributed by atoms with Crippen LogP contribution in [0.4, 0.5) is 0 Å². The molecule has 1 heterocycles. The van der Waals surface area contributed by atoms with Gasteiger partial charge in [-0.05, 0) is 69.7 Å². The number of nitrogens with zero attached hydrogens (tertiary/aromatic N) is 2. The first-order valence-electron chi connectivity index (χ1n) is 11.7. The van der Waals surface area contributed by atoms with E-state index in [4.69, 9.17) is 9.15 Å². The van der Waals surface area contributed by atoms with Crippen LogP contribution in [0.2, 0.25) is 0 Å². The second-order valence-electron chi connectivity index (χ2n) is 9.20. The summed E-state index contributed by atoms with van der Waals surface area (Å²) in [4.78, 5) is 12.6. The molecule has 2 fully saturated rings. The van der Waals surface area contributed by atoms with E-state index in [1.54, 1.807) is 11.8 Å². The first-order chi connectivity index (χ1) is 15.5. The van der Waals surface area contributed by atoms with Gasteiger partial charge in [-0.2, -0.15) is 11.8 Å². The lowest BCUT2D eigenvalue weighted by molar-refractivity contribution is -0.404. The first-order valence-corrected chi connectivity index (χ1v) is 12.9. The Bertz CT molecular complexity index is 739. The highest BCUT2D eigenvalue weighted by molar-refractivity contribution is 7.98. The molecule has 2 saturated carbocycles. The quantitative estimate of drug-likeness (QED) is 0.217. The lowest BCUT2D eigenvalue weighted by Gasteiger charge is -2.21. The number of ether oxygens (including phenoxy) is 1. The van der Waals surface area contributed by atoms with Crippen LogP contribution in [0.25, 0.3) is 0 Å². The van der Waals surface area contributed by atoms with Crippen molar-refractivity contribution < 1.29 is 14.1 Å². The van der Waals surface area contributed by atoms with E-state index in [9.17, 15) is 10.1 Å². The van der Waals surface area contributed by atoms with E-state index >= 15 is 0 Å². The molecule has 3 atom stereocenters. The SMILES string of the molecule is CN(C)Cc1ccc(CSCCNC(=C[N+](=O)[O-])NCCCOCC2CC3CCC2C3)o1. The summed E-state index contributed by atoms with van der Waals surface area (Å²) < 4.78 is 11.7. The number of fused-ring (bicyclic) bond motifs is 2. The van der Waals surface area contributed by atoms with E-state index in [0.717, 1.165) is 66.6 Å². The zero-order valence-electron chi connectivity index (χ0n) is 19.4. The van der Waals surface area contributed by atoms with Crippen LogP contribution < -0.4 is 10.6 Å². The van der Waals surface area contributed by atoms with Gasteiger partial charge in [0.2, 0.25) is 0 Å². The van der Waals surface area contributed by atoms with Crippen molar-refractivity contribution in [1.29, 1.82) is 0 Å². The van der Waals surface area contributed by atoms with Gasteiger partial charge in [0.25, 0.3) is 6.20 Å². The number of furan rings is 1. The van der Waals surface area contributed by atoms with Crippen LogP contribution in [0.5, 0.6) is 0 Å². The average Bonchev–Trinajstić information content (AvgIpc) is 3.46. The summed E-state index contributed by atoms with van der Waals surface area (Å²) in [6.07, 6.45) is 7.40. The molecular formula is C23H38N4O4S. The Morgan fingerprint density at radius 3 is 2.81 bits per heavy atom. The van der Waals surface area contributed by atoms with Gasteiger partial charge >= 0.3 is 0 Å². The van der Waals surface area contributed by atoms with Gasteiger partial charge in [0.05, 0.1) is 17.2 Å². The summed E-state index contributed by atoms with van der Waals surface area (Å²) in [5, 5.41) is 17.2. The molecule has 3 rings (SSSR count). The average molecular weight is 467 g/mol. The highest BCUT2D eigenvalue weighted by Gasteiger charge is 2.39. The topological polar surface area (TPSA) is 92.8 Å². The minimum atomic E-state index is -0.427. The summed E-state index contributed by atoms with van der Waals surface area (Å²) in [7, 11) is 4.03. The van der Waals surface area contributed by atoms with E-state index in [1.807, 2.05) is 26.2 Å². The molecule has 0 spiro atoms. The van der Waals surface area contributed by atoms with E-state index in [2.05, 4.69) is 15.5 Å². The molecule has 180 valence electrons. The summed E-state index contributed by atoms with van der Waals surface area (Å²) in [6.45, 7) is 3.66. The second kappa shape index (κ2) is 13.1. The summed E-state index contributed by atoms with van der Waals surface area (Å²) in [5.41, 5.74) is 0. The van der Waals surface area contributed by atoms with Crippen LogP contribution in [-0.2, 0) is 17.0 Å². The van der Waals surface area contributed by atoms with Crippen molar-refractivity contribution in [1.82, 2.24) is 15.5 Å². The number of thioether (sulfide) groups is 1. The molecule has 0 saturated heterocycles. The normalized spacial score (nSPS) is 22.6. The van der Waals surface area contributed by atoms with Crippen LogP contribution in [0, 0.1) is 27.9 Å². The third kappa shape index (κ3) is 8.67. The molecular weight excluding hydrogens is 428 g/mol. The smallest absolute Gasteiger partial charge is 0.274 e. The fourth-order valence-electron chi connectivity index (χ4n) is 4.80. The molecule has 0 radical (unpaired) electrons. The van der Waals surface area contributed by atoms with Gasteiger partial charge in [0.1, 0.15) is 11.5 Å². The molecule has 0 amide bonds. The number of hydrogen-bond donors (Lipinski definition) is 2. The molecule has 2 aliphatic rings. The molecule has 2 bridgehead atoms. The highest BCUT2D eigenvalue weighted by atomic mass is 32.2. The maximum atomic E-state index is 10.9. The van der Waals surface area contributed by atoms with E-state index < -0.39 is 4.92 Å². The maximum absolute atomic E-state index is 10.9. The Kier molecular flexibility index (Phi) is 10.2. The minimum absolute atomic E-state index is 0.427. The number of nitrogens with one attached hydrogen (secondary N) is 2. The molecule has 1 aromatic rings. The zero-order chi connectivity index (χ0) is 22.8. The molecule has 0 aliphatic heterocycles. The Morgan fingerprint density at radius 2 is 2.09 bits per heavy atom. The highest BCUT2D eigenvalue weighted by Crippen LogP contribution is 2.48. The van der Waals surface area contributed by atoms with E-state index in [1.165, 1.54) is 25.7 Å². The van der Waals surface area contributed by atoms with Gasteiger partial charge in [-0.3, -0.25) is 10.1 Å². The lowest BCUT2D eigenvalue weighted by Crippen LogP contribution is -2.30. The molecule has 2 aliphatic carbocycles. The summed E-state index contributed by atoms with van der Waals surface area (Å²) in [5.74, 6) is 6.59. The largest absolute Gasteiger partial charge is 0.464 e. The molecule has 2 N–H and O–H groups in total. The Morgan fingerprint density at radius 1 is 1.28 bits per heavy atom. The van der Waals surface area contributed by atoms with Gasteiger partial charge in [-0.1, -0.05) is 6.42 Å². The number of nitro groups is 1. The van der Waals surface area contributed by atoms with Crippen LogP contribution in [0.15, 0.2) is 28.6 Å². The standard InChI is InChI=1S/C23H38N4O4S/c1-26(2)14-21-6-7-22(31-21)17-32-11-9-25-23(15-27(28)29)24-8-3-10-30-16-20-13-18-4-5-19(20)12-18/h6-7,15,18-20,24-25H,3-5,8-14,16-17H2,1-2H3. The van der Waals surface area contributed by atoms with Crippen molar-refractivity contribution in [2.45, 2.75) is 44.4 Å². The van der Waals surface area contributed by atoms with Crippen molar-refractivity contribution in [2.75, 3.05) is 46.2 Å². The van der Waals surface area contributed by atoms with Crippen LogP contribution >= 0.6 is 11.8 Å². The minimum Gasteiger partial charge on any atom is -0.464 e. The lowest BCUT2D eigenvalue weighted by atomic mass is 9.90. The fraction of sp³-hybridized carbons (Fsp3) is 0.739. The second-order valence-corrected chi connectivity index (χ2v) is 10.3. The molecule has 0 aromatic carbocycles. The van der Waals surface area contributed by atoms with Crippen LogP contribution in [0.3, 0.4) is 0 Å². The predicted octanol–water partition coefficient (Wildman–Crippen LogP) is 3.67. The van der Waals surface area contributed by atoms with Crippen LogP contribution in [-0.4, -0.2) is 56.0 Å². The van der Waals surface area contributed by atoms with Gasteiger partial charge in [0.15, 0.2) is 5.82 Å². The molecule has 9 heteroatoms. The van der Waals surface area contributed by atoms with Crippen molar-refractivity contribution in [3.63, 3.8) is 0 Å². The number of rotatable bonds is 16. The van der Waals surface area contributed by atoms with Gasteiger partial charge in [-0.15, -0.1) is 0 Å². The van der Waals surface area contributed by atoms with Crippen molar-refractivity contribution >= 4 is 11.8 Å². The third-order valence-corrected chi connectivity index (χ3v) is 7.21. The molecule has 1 aromatic heterocycles. The van der Waals surface area contributed by atoms with Gasteiger partial charge < -0.3 is 24.7 Å². The fourth-order valence-corrected chi connectivity index (χ4v) is 5.55. The van der Waals surface area contributed by atoms with Crippen molar-refractivity contribution in [3.05, 3.63) is 45.8 Å². The Balaban J connectivity index is 1.23. The summed E-state index contributed by atoms with van der Waals surface area (Å²) >= 11 is 1.74. The molecule has 32 heavy (non-hydrogen) atoms. The molecule has 3 unspecified atom stereocenters. The maximum Gasteiger partial charge on any atom is 0.274 e. The van der Waals surface area contributed by atoms with Crippen molar-refractivity contribution in [3.8, 4) is 0 Å². The Labute approximate surface area is 195 Å². The number of hydrogen-bond acceptors (Lipinski definition) is 8. The zero-order valence-corrected chi connectivity index (χ0v) is 20.2. The third-order valence-electron chi connectivity index (χ3n) is 6.23. The van der Waals surface area contributed by atoms with Gasteiger partial charge in [0, 0.05) is 32.1 Å².